The Balaban J connectivity index is 2.57. The van der Waals surface area contributed by atoms with Gasteiger partial charge in [-0.3, -0.25) is 9.69 Å². The van der Waals surface area contributed by atoms with E-state index in [9.17, 15) is 4.79 Å². The molecule has 0 amide bonds. The molecule has 100 valence electrons. The summed E-state index contributed by atoms with van der Waals surface area (Å²) < 4.78 is 5.45. The zero-order valence-corrected chi connectivity index (χ0v) is 11.1. The molecule has 0 spiro atoms. The Hall–Kier alpha value is -1.55. The van der Waals surface area contributed by atoms with Gasteiger partial charge in [-0.15, -0.1) is 0 Å². The lowest BCUT2D eigenvalue weighted by Crippen LogP contribution is -2.25. The highest BCUT2D eigenvalue weighted by Gasteiger charge is 2.07. The first kappa shape index (κ1) is 14.5. The van der Waals surface area contributed by atoms with Crippen molar-refractivity contribution >= 4 is 5.97 Å². The zero-order valence-electron chi connectivity index (χ0n) is 11.1. The number of carbonyl (C=O) groups is 1. The molecular formula is C14H21NO3. The third-order valence-corrected chi connectivity index (χ3v) is 2.70. The number of aliphatic carboxylic acids is 1. The SMILES string of the molecule is CCOc1cccc(CN(CC)CCC(=O)O)c1. The molecule has 18 heavy (non-hydrogen) atoms. The van der Waals surface area contributed by atoms with Crippen molar-refractivity contribution in [3.8, 4) is 5.75 Å². The lowest BCUT2D eigenvalue weighted by Gasteiger charge is -2.19. The van der Waals surface area contributed by atoms with Crippen LogP contribution in [0.15, 0.2) is 24.3 Å². The van der Waals surface area contributed by atoms with E-state index in [1.165, 1.54) is 0 Å². The normalized spacial score (nSPS) is 10.6. The van der Waals surface area contributed by atoms with Crippen LogP contribution in [0.5, 0.6) is 5.75 Å². The van der Waals surface area contributed by atoms with E-state index >= 15 is 0 Å². The summed E-state index contributed by atoms with van der Waals surface area (Å²) in [4.78, 5) is 12.7. The van der Waals surface area contributed by atoms with Crippen LogP contribution < -0.4 is 4.74 Å². The Labute approximate surface area is 108 Å². The van der Waals surface area contributed by atoms with Crippen molar-refractivity contribution < 1.29 is 14.6 Å². The van der Waals surface area contributed by atoms with Crippen molar-refractivity contribution in [1.82, 2.24) is 4.90 Å². The Kier molecular flexibility index (Phi) is 6.22. The molecule has 1 aromatic rings. The van der Waals surface area contributed by atoms with E-state index in [1.807, 2.05) is 38.1 Å². The molecule has 4 nitrogen and oxygen atoms in total. The number of nitrogens with zero attached hydrogens (tertiary/aromatic N) is 1. The second-order valence-electron chi connectivity index (χ2n) is 4.09. The highest BCUT2D eigenvalue weighted by atomic mass is 16.5. The number of ether oxygens (including phenoxy) is 1. The molecular weight excluding hydrogens is 230 g/mol. The van der Waals surface area contributed by atoms with E-state index in [2.05, 4.69) is 4.90 Å². The monoisotopic (exact) mass is 251 g/mol. The largest absolute Gasteiger partial charge is 0.494 e. The summed E-state index contributed by atoms with van der Waals surface area (Å²) >= 11 is 0. The Bertz CT molecular complexity index is 379. The summed E-state index contributed by atoms with van der Waals surface area (Å²) in [6.45, 7) is 6.81. The van der Waals surface area contributed by atoms with E-state index in [-0.39, 0.29) is 6.42 Å². The van der Waals surface area contributed by atoms with Gasteiger partial charge in [-0.05, 0) is 31.2 Å². The number of hydrogen-bond donors (Lipinski definition) is 1. The summed E-state index contributed by atoms with van der Waals surface area (Å²) in [5.41, 5.74) is 1.15. The molecule has 0 fully saturated rings. The van der Waals surface area contributed by atoms with Gasteiger partial charge in [0, 0.05) is 13.1 Å². The average Bonchev–Trinajstić information content (AvgIpc) is 2.35. The lowest BCUT2D eigenvalue weighted by atomic mass is 10.2. The molecule has 0 atom stereocenters. The fraction of sp³-hybridized carbons (Fsp3) is 0.500. The summed E-state index contributed by atoms with van der Waals surface area (Å²) in [6.07, 6.45) is 0.180. The highest BCUT2D eigenvalue weighted by molar-refractivity contribution is 5.66. The fourth-order valence-corrected chi connectivity index (χ4v) is 1.76. The standard InChI is InChI=1S/C14H21NO3/c1-3-15(9-8-14(16)17)11-12-6-5-7-13(10-12)18-4-2/h5-7,10H,3-4,8-9,11H2,1-2H3,(H,16,17). The molecule has 1 N–H and O–H groups in total. The van der Waals surface area contributed by atoms with E-state index < -0.39 is 5.97 Å². The predicted molar refractivity (Wildman–Crippen MR) is 70.8 cm³/mol. The topological polar surface area (TPSA) is 49.8 Å². The highest BCUT2D eigenvalue weighted by Crippen LogP contribution is 2.15. The summed E-state index contributed by atoms with van der Waals surface area (Å²) in [5.74, 6) is 0.112. The van der Waals surface area contributed by atoms with Gasteiger partial charge in [-0.25, -0.2) is 0 Å². The molecule has 0 aromatic heterocycles. The van der Waals surface area contributed by atoms with Crippen molar-refractivity contribution in [2.75, 3.05) is 19.7 Å². The van der Waals surface area contributed by atoms with Gasteiger partial charge in [-0.2, -0.15) is 0 Å². The molecule has 4 heteroatoms. The quantitative estimate of drug-likeness (QED) is 0.770. The maximum Gasteiger partial charge on any atom is 0.304 e. The van der Waals surface area contributed by atoms with Gasteiger partial charge >= 0.3 is 5.97 Å². The minimum atomic E-state index is -0.753. The number of carboxylic acid groups (broad SMARTS) is 1. The number of hydrogen-bond acceptors (Lipinski definition) is 3. The summed E-state index contributed by atoms with van der Waals surface area (Å²) in [7, 11) is 0. The van der Waals surface area contributed by atoms with Crippen LogP contribution in [0, 0.1) is 0 Å². The van der Waals surface area contributed by atoms with Gasteiger partial charge in [0.1, 0.15) is 5.75 Å². The molecule has 0 saturated carbocycles. The van der Waals surface area contributed by atoms with E-state index in [1.54, 1.807) is 0 Å². The van der Waals surface area contributed by atoms with Gasteiger partial charge in [0.2, 0.25) is 0 Å². The smallest absolute Gasteiger partial charge is 0.304 e. The molecule has 1 aromatic carbocycles. The summed E-state index contributed by atoms with van der Waals surface area (Å²) in [5, 5.41) is 8.69. The molecule has 0 radical (unpaired) electrons. The zero-order chi connectivity index (χ0) is 13.4. The first-order valence-electron chi connectivity index (χ1n) is 6.31. The van der Waals surface area contributed by atoms with Crippen molar-refractivity contribution in [3.05, 3.63) is 29.8 Å². The number of carboxylic acids is 1. The third-order valence-electron chi connectivity index (χ3n) is 2.70. The number of rotatable bonds is 8. The minimum Gasteiger partial charge on any atom is -0.494 e. The second kappa shape index (κ2) is 7.71. The van der Waals surface area contributed by atoms with Crippen molar-refractivity contribution in [2.45, 2.75) is 26.8 Å². The van der Waals surface area contributed by atoms with Crippen LogP contribution in [-0.4, -0.2) is 35.7 Å². The van der Waals surface area contributed by atoms with Crippen molar-refractivity contribution in [3.63, 3.8) is 0 Å². The Morgan fingerprint density at radius 3 is 2.78 bits per heavy atom. The maximum absolute atomic E-state index is 10.6. The molecule has 0 heterocycles. The fourth-order valence-electron chi connectivity index (χ4n) is 1.76. The lowest BCUT2D eigenvalue weighted by molar-refractivity contribution is -0.137. The van der Waals surface area contributed by atoms with E-state index in [0.29, 0.717) is 13.2 Å². The van der Waals surface area contributed by atoms with Crippen molar-refractivity contribution in [2.24, 2.45) is 0 Å². The van der Waals surface area contributed by atoms with Gasteiger partial charge in [0.15, 0.2) is 0 Å². The molecule has 0 bridgehead atoms. The molecule has 0 aliphatic carbocycles. The van der Waals surface area contributed by atoms with Gasteiger partial charge < -0.3 is 9.84 Å². The minimum absolute atomic E-state index is 0.180. The third kappa shape index (κ3) is 5.19. The van der Waals surface area contributed by atoms with Crippen LogP contribution in [0.3, 0.4) is 0 Å². The van der Waals surface area contributed by atoms with Gasteiger partial charge in [-0.1, -0.05) is 19.1 Å². The molecule has 0 aliphatic rings. The first-order valence-corrected chi connectivity index (χ1v) is 6.31. The predicted octanol–water partition coefficient (Wildman–Crippen LogP) is 2.38. The Morgan fingerprint density at radius 1 is 1.39 bits per heavy atom. The van der Waals surface area contributed by atoms with Crippen molar-refractivity contribution in [1.29, 1.82) is 0 Å². The average molecular weight is 251 g/mol. The van der Waals surface area contributed by atoms with Crippen LogP contribution in [0.4, 0.5) is 0 Å². The van der Waals surface area contributed by atoms with E-state index in [0.717, 1.165) is 24.4 Å². The molecule has 1 rings (SSSR count). The van der Waals surface area contributed by atoms with Gasteiger partial charge in [0.05, 0.1) is 13.0 Å². The van der Waals surface area contributed by atoms with Gasteiger partial charge in [0.25, 0.3) is 0 Å². The molecule has 0 saturated heterocycles. The maximum atomic E-state index is 10.6. The molecule has 0 aliphatic heterocycles. The summed E-state index contributed by atoms with van der Waals surface area (Å²) in [6, 6.07) is 7.94. The van der Waals surface area contributed by atoms with Crippen LogP contribution in [0.2, 0.25) is 0 Å². The van der Waals surface area contributed by atoms with Crippen LogP contribution >= 0.6 is 0 Å². The van der Waals surface area contributed by atoms with Crippen LogP contribution in [-0.2, 0) is 11.3 Å². The van der Waals surface area contributed by atoms with Crippen LogP contribution in [0.1, 0.15) is 25.8 Å². The van der Waals surface area contributed by atoms with E-state index in [4.69, 9.17) is 9.84 Å². The first-order chi connectivity index (χ1) is 8.65. The van der Waals surface area contributed by atoms with Crippen LogP contribution in [0.25, 0.3) is 0 Å². The Morgan fingerprint density at radius 2 is 2.17 bits per heavy atom. The number of benzene rings is 1. The second-order valence-corrected chi connectivity index (χ2v) is 4.09. The molecule has 0 unspecified atom stereocenters.